The van der Waals surface area contributed by atoms with Crippen LogP contribution in [0.1, 0.15) is 11.1 Å². The Morgan fingerprint density at radius 1 is 1.28 bits per heavy atom. The molecule has 1 aromatic carbocycles. The molecule has 0 aliphatic heterocycles. The van der Waals surface area contributed by atoms with Gasteiger partial charge in [-0.15, -0.1) is 0 Å². The molecule has 3 nitrogen and oxygen atoms in total. The number of nitrogens with zero attached hydrogens (tertiary/aromatic N) is 3. The highest BCUT2D eigenvalue weighted by atomic mass is 19.1. The minimum Gasteiger partial charge on any atom is -0.355 e. The molecule has 90 valence electrons. The first kappa shape index (κ1) is 12.1. The van der Waals surface area contributed by atoms with E-state index < -0.39 is 5.95 Å². The first-order valence-electron chi connectivity index (χ1n) is 5.52. The SMILES string of the molecule is CN(Cc1cccc(C#N)c1)c1cccc(F)n1. The van der Waals surface area contributed by atoms with Crippen molar-refractivity contribution in [3.05, 3.63) is 59.5 Å². The average molecular weight is 241 g/mol. The van der Waals surface area contributed by atoms with Crippen molar-refractivity contribution in [1.29, 1.82) is 5.26 Å². The highest BCUT2D eigenvalue weighted by molar-refractivity contribution is 5.40. The van der Waals surface area contributed by atoms with Crippen LogP contribution in [0.3, 0.4) is 0 Å². The third-order valence-electron chi connectivity index (χ3n) is 2.57. The first-order chi connectivity index (χ1) is 8.69. The maximum Gasteiger partial charge on any atom is 0.214 e. The lowest BCUT2D eigenvalue weighted by Gasteiger charge is -2.18. The zero-order valence-electron chi connectivity index (χ0n) is 9.97. The Bertz CT molecular complexity index is 590. The number of hydrogen-bond donors (Lipinski definition) is 0. The van der Waals surface area contributed by atoms with Crippen molar-refractivity contribution >= 4 is 5.82 Å². The fourth-order valence-electron chi connectivity index (χ4n) is 1.70. The van der Waals surface area contributed by atoms with E-state index >= 15 is 0 Å². The van der Waals surface area contributed by atoms with Crippen LogP contribution in [-0.2, 0) is 6.54 Å². The summed E-state index contributed by atoms with van der Waals surface area (Å²) in [5.74, 6) is 0.0717. The van der Waals surface area contributed by atoms with Gasteiger partial charge in [-0.2, -0.15) is 9.65 Å². The summed E-state index contributed by atoms with van der Waals surface area (Å²) >= 11 is 0. The Kier molecular flexibility index (Phi) is 3.54. The van der Waals surface area contributed by atoms with Crippen LogP contribution in [0.25, 0.3) is 0 Å². The number of benzene rings is 1. The Labute approximate surface area is 105 Å². The second-order valence-electron chi connectivity index (χ2n) is 3.99. The summed E-state index contributed by atoms with van der Waals surface area (Å²) in [4.78, 5) is 5.64. The lowest BCUT2D eigenvalue weighted by atomic mass is 10.1. The molecule has 0 aliphatic rings. The maximum absolute atomic E-state index is 13.0. The Morgan fingerprint density at radius 2 is 2.06 bits per heavy atom. The third-order valence-corrected chi connectivity index (χ3v) is 2.57. The molecule has 0 amide bonds. The fraction of sp³-hybridized carbons (Fsp3) is 0.143. The van der Waals surface area contributed by atoms with Crippen molar-refractivity contribution in [2.75, 3.05) is 11.9 Å². The number of halogens is 1. The van der Waals surface area contributed by atoms with Gasteiger partial charge in [0.1, 0.15) is 5.82 Å². The second-order valence-corrected chi connectivity index (χ2v) is 3.99. The van der Waals surface area contributed by atoms with Gasteiger partial charge in [0.15, 0.2) is 0 Å². The zero-order chi connectivity index (χ0) is 13.0. The van der Waals surface area contributed by atoms with Crippen molar-refractivity contribution in [3.63, 3.8) is 0 Å². The van der Waals surface area contributed by atoms with E-state index in [0.717, 1.165) is 5.56 Å². The predicted octanol–water partition coefficient (Wildman–Crippen LogP) is 2.73. The lowest BCUT2D eigenvalue weighted by Crippen LogP contribution is -2.17. The Morgan fingerprint density at radius 3 is 2.78 bits per heavy atom. The van der Waals surface area contributed by atoms with E-state index in [-0.39, 0.29) is 0 Å². The van der Waals surface area contributed by atoms with E-state index in [1.165, 1.54) is 6.07 Å². The Hall–Kier alpha value is -2.41. The highest BCUT2D eigenvalue weighted by Crippen LogP contribution is 2.13. The zero-order valence-corrected chi connectivity index (χ0v) is 9.97. The molecular weight excluding hydrogens is 229 g/mol. The first-order valence-corrected chi connectivity index (χ1v) is 5.52. The molecule has 2 rings (SSSR count). The lowest BCUT2D eigenvalue weighted by molar-refractivity contribution is 0.582. The molecule has 0 fully saturated rings. The summed E-state index contributed by atoms with van der Waals surface area (Å²) in [5, 5.41) is 8.82. The van der Waals surface area contributed by atoms with E-state index in [2.05, 4.69) is 11.1 Å². The van der Waals surface area contributed by atoms with E-state index in [1.54, 1.807) is 18.2 Å². The topological polar surface area (TPSA) is 39.9 Å². The molecule has 0 aliphatic carbocycles. The smallest absolute Gasteiger partial charge is 0.214 e. The van der Waals surface area contributed by atoms with Gasteiger partial charge in [-0.1, -0.05) is 18.2 Å². The average Bonchev–Trinajstić information content (AvgIpc) is 2.39. The van der Waals surface area contributed by atoms with Gasteiger partial charge in [-0.25, -0.2) is 4.98 Å². The van der Waals surface area contributed by atoms with Crippen LogP contribution in [0.5, 0.6) is 0 Å². The normalized spacial score (nSPS) is 9.83. The summed E-state index contributed by atoms with van der Waals surface area (Å²) in [6, 6.07) is 14.1. The minimum absolute atomic E-state index is 0.495. The third kappa shape index (κ3) is 2.83. The van der Waals surface area contributed by atoms with E-state index in [4.69, 9.17) is 5.26 Å². The quantitative estimate of drug-likeness (QED) is 0.776. The number of pyridine rings is 1. The number of rotatable bonds is 3. The van der Waals surface area contributed by atoms with Gasteiger partial charge >= 0.3 is 0 Å². The molecule has 1 heterocycles. The van der Waals surface area contributed by atoms with Gasteiger partial charge < -0.3 is 4.90 Å². The number of hydrogen-bond acceptors (Lipinski definition) is 3. The van der Waals surface area contributed by atoms with Crippen LogP contribution in [-0.4, -0.2) is 12.0 Å². The molecule has 0 atom stereocenters. The summed E-state index contributed by atoms with van der Waals surface area (Å²) in [7, 11) is 1.83. The molecule has 2 aromatic rings. The molecule has 18 heavy (non-hydrogen) atoms. The van der Waals surface area contributed by atoms with E-state index in [0.29, 0.717) is 17.9 Å². The van der Waals surface area contributed by atoms with Crippen molar-refractivity contribution in [3.8, 4) is 6.07 Å². The van der Waals surface area contributed by atoms with Gasteiger partial charge in [0.25, 0.3) is 0 Å². The van der Waals surface area contributed by atoms with E-state index in [1.807, 2.05) is 30.1 Å². The van der Waals surface area contributed by atoms with Crippen LogP contribution in [0.4, 0.5) is 10.2 Å². The van der Waals surface area contributed by atoms with Gasteiger partial charge in [-0.3, -0.25) is 0 Å². The summed E-state index contributed by atoms with van der Waals surface area (Å²) in [6.45, 7) is 0.575. The molecular formula is C14H12FN3. The fourth-order valence-corrected chi connectivity index (χ4v) is 1.70. The van der Waals surface area contributed by atoms with Crippen molar-refractivity contribution < 1.29 is 4.39 Å². The number of anilines is 1. The van der Waals surface area contributed by atoms with Crippen LogP contribution in [0.15, 0.2) is 42.5 Å². The predicted molar refractivity (Wildman–Crippen MR) is 67.5 cm³/mol. The van der Waals surface area contributed by atoms with Gasteiger partial charge in [0, 0.05) is 13.6 Å². The molecule has 0 saturated carbocycles. The summed E-state index contributed by atoms with van der Waals surface area (Å²) < 4.78 is 13.0. The maximum atomic E-state index is 13.0. The summed E-state index contributed by atoms with van der Waals surface area (Å²) in [5.41, 5.74) is 1.61. The molecule has 4 heteroatoms. The highest BCUT2D eigenvalue weighted by Gasteiger charge is 2.05. The van der Waals surface area contributed by atoms with Crippen LogP contribution in [0, 0.1) is 17.3 Å². The second kappa shape index (κ2) is 5.28. The van der Waals surface area contributed by atoms with E-state index in [9.17, 15) is 4.39 Å². The number of nitriles is 1. The summed E-state index contributed by atoms with van der Waals surface area (Å²) in [6.07, 6.45) is 0. The van der Waals surface area contributed by atoms with Crippen LogP contribution >= 0.6 is 0 Å². The molecule has 0 radical (unpaired) electrons. The van der Waals surface area contributed by atoms with Crippen molar-refractivity contribution in [1.82, 2.24) is 4.98 Å². The largest absolute Gasteiger partial charge is 0.355 e. The van der Waals surface area contributed by atoms with Crippen LogP contribution < -0.4 is 4.90 Å². The van der Waals surface area contributed by atoms with Gasteiger partial charge in [-0.05, 0) is 29.8 Å². The molecule has 0 saturated heterocycles. The minimum atomic E-state index is -0.495. The van der Waals surface area contributed by atoms with Crippen molar-refractivity contribution in [2.45, 2.75) is 6.54 Å². The number of aromatic nitrogens is 1. The molecule has 0 unspecified atom stereocenters. The van der Waals surface area contributed by atoms with Gasteiger partial charge in [0.05, 0.1) is 11.6 Å². The molecule has 0 bridgehead atoms. The van der Waals surface area contributed by atoms with Gasteiger partial charge in [0.2, 0.25) is 5.95 Å². The van der Waals surface area contributed by atoms with Crippen LogP contribution in [0.2, 0.25) is 0 Å². The standard InChI is InChI=1S/C14H12FN3/c1-18(14-7-3-6-13(15)17-14)10-12-5-2-4-11(8-12)9-16/h2-8H,10H2,1H3. The molecule has 0 N–H and O–H groups in total. The Balaban J connectivity index is 2.16. The monoisotopic (exact) mass is 241 g/mol. The van der Waals surface area contributed by atoms with Crippen molar-refractivity contribution in [2.24, 2.45) is 0 Å². The molecule has 1 aromatic heterocycles. The molecule has 0 spiro atoms.